The van der Waals surface area contributed by atoms with Crippen molar-refractivity contribution >= 4 is 11.8 Å². The van der Waals surface area contributed by atoms with E-state index >= 15 is 0 Å². The van der Waals surface area contributed by atoms with E-state index in [2.05, 4.69) is 35.2 Å². The maximum absolute atomic E-state index is 12.7. The second-order valence-corrected chi connectivity index (χ2v) is 8.77. The highest BCUT2D eigenvalue weighted by molar-refractivity contribution is 5.91. The fourth-order valence-corrected chi connectivity index (χ4v) is 4.80. The van der Waals surface area contributed by atoms with Crippen LogP contribution in [-0.4, -0.2) is 47.8 Å². The number of hydrogen-bond acceptors (Lipinski definition) is 3. The molecule has 2 aliphatic heterocycles. The van der Waals surface area contributed by atoms with Crippen molar-refractivity contribution in [2.75, 3.05) is 26.2 Å². The second kappa shape index (κ2) is 9.96. The van der Waals surface area contributed by atoms with Gasteiger partial charge in [0.05, 0.1) is 6.26 Å². The number of carbonyl (C=O) groups excluding carboxylic acids is 2. The lowest BCUT2D eigenvalue weighted by molar-refractivity contribution is -0.133. The van der Waals surface area contributed by atoms with Gasteiger partial charge in [0, 0.05) is 32.6 Å². The molecule has 160 valence electrons. The van der Waals surface area contributed by atoms with Crippen LogP contribution in [-0.2, 0) is 11.2 Å². The third-order valence-corrected chi connectivity index (χ3v) is 6.73. The third-order valence-electron chi connectivity index (χ3n) is 6.73. The zero-order chi connectivity index (χ0) is 20.8. The summed E-state index contributed by atoms with van der Waals surface area (Å²) >= 11 is 0. The van der Waals surface area contributed by atoms with E-state index in [0.29, 0.717) is 29.9 Å². The first-order valence-electron chi connectivity index (χ1n) is 11.3. The molecule has 0 spiro atoms. The van der Waals surface area contributed by atoms with Crippen molar-refractivity contribution < 1.29 is 14.0 Å². The Hall–Kier alpha value is -2.56. The predicted octanol–water partition coefficient (Wildman–Crippen LogP) is 4.39. The van der Waals surface area contributed by atoms with E-state index in [-0.39, 0.29) is 5.91 Å². The number of rotatable bonds is 6. The van der Waals surface area contributed by atoms with Crippen LogP contribution in [0.1, 0.15) is 54.6 Å². The first-order chi connectivity index (χ1) is 14.7. The maximum atomic E-state index is 12.7. The van der Waals surface area contributed by atoms with E-state index in [1.807, 2.05) is 4.90 Å². The van der Waals surface area contributed by atoms with Gasteiger partial charge in [0.25, 0.3) is 5.91 Å². The molecule has 5 heteroatoms. The minimum Gasteiger partial charge on any atom is -0.459 e. The summed E-state index contributed by atoms with van der Waals surface area (Å²) in [5.74, 6) is 1.92. The molecule has 5 nitrogen and oxygen atoms in total. The predicted molar refractivity (Wildman–Crippen MR) is 116 cm³/mol. The number of benzene rings is 1. The molecule has 1 aromatic heterocycles. The minimum atomic E-state index is -0.0205. The molecule has 30 heavy (non-hydrogen) atoms. The average Bonchev–Trinajstić information content (AvgIpc) is 3.34. The molecule has 0 radical (unpaired) electrons. The highest BCUT2D eigenvalue weighted by Crippen LogP contribution is 2.26. The smallest absolute Gasteiger partial charge is 0.289 e. The maximum Gasteiger partial charge on any atom is 0.289 e. The molecule has 2 fully saturated rings. The first kappa shape index (κ1) is 20.7. The molecule has 1 aromatic carbocycles. The molecule has 0 aliphatic carbocycles. The molecule has 0 N–H and O–H groups in total. The van der Waals surface area contributed by atoms with Crippen LogP contribution in [0, 0.1) is 11.8 Å². The van der Waals surface area contributed by atoms with Crippen molar-refractivity contribution in [3.8, 4) is 0 Å². The molecule has 0 atom stereocenters. The molecule has 2 saturated heterocycles. The number of likely N-dealkylation sites (tertiary alicyclic amines) is 2. The molecule has 2 aliphatic rings. The summed E-state index contributed by atoms with van der Waals surface area (Å²) in [6.07, 6.45) is 8.39. The van der Waals surface area contributed by atoms with E-state index in [9.17, 15) is 9.59 Å². The fraction of sp³-hybridized carbons (Fsp3) is 0.520. The minimum absolute atomic E-state index is 0.0205. The third kappa shape index (κ3) is 5.32. The van der Waals surface area contributed by atoms with E-state index in [0.717, 1.165) is 64.7 Å². The van der Waals surface area contributed by atoms with Crippen LogP contribution >= 0.6 is 0 Å². The largest absolute Gasteiger partial charge is 0.459 e. The van der Waals surface area contributed by atoms with E-state index in [1.54, 1.807) is 12.1 Å². The van der Waals surface area contributed by atoms with E-state index in [1.165, 1.54) is 11.8 Å². The zero-order valence-corrected chi connectivity index (χ0v) is 17.7. The lowest BCUT2D eigenvalue weighted by Crippen LogP contribution is -2.40. The van der Waals surface area contributed by atoms with Gasteiger partial charge in [0.1, 0.15) is 0 Å². The van der Waals surface area contributed by atoms with Crippen molar-refractivity contribution in [1.82, 2.24) is 9.80 Å². The standard InChI is InChI=1S/C25H32N2O3/c28-24(26-14-12-22(13-15-26)19-21-5-2-1-3-6-21)9-8-20-10-16-27(17-11-20)25(29)23-7-4-18-30-23/h1-7,18,20,22H,8-17,19H2. The second-order valence-electron chi connectivity index (χ2n) is 8.77. The Balaban J connectivity index is 1.14. The van der Waals surface area contributed by atoms with Gasteiger partial charge in [-0.1, -0.05) is 30.3 Å². The van der Waals surface area contributed by atoms with Crippen LogP contribution < -0.4 is 0 Å². The lowest BCUT2D eigenvalue weighted by atomic mass is 9.89. The summed E-state index contributed by atoms with van der Waals surface area (Å²) in [4.78, 5) is 29.0. The Kier molecular flexibility index (Phi) is 6.88. The Morgan fingerprint density at radius 2 is 1.50 bits per heavy atom. The molecule has 4 rings (SSSR count). The number of furan rings is 1. The molecule has 2 amide bonds. The SMILES string of the molecule is O=C(CCC1CCN(C(=O)c2ccco2)CC1)N1CCC(Cc2ccccc2)CC1. The Bertz CT molecular complexity index is 802. The van der Waals surface area contributed by atoms with Gasteiger partial charge in [-0.05, 0) is 68.1 Å². The summed E-state index contributed by atoms with van der Waals surface area (Å²) in [7, 11) is 0. The fourth-order valence-electron chi connectivity index (χ4n) is 4.80. The van der Waals surface area contributed by atoms with E-state index in [4.69, 9.17) is 4.42 Å². The van der Waals surface area contributed by atoms with Crippen LogP contribution in [0.5, 0.6) is 0 Å². The van der Waals surface area contributed by atoms with E-state index < -0.39 is 0 Å². The summed E-state index contributed by atoms with van der Waals surface area (Å²) in [5, 5.41) is 0. The summed E-state index contributed by atoms with van der Waals surface area (Å²) in [5.41, 5.74) is 1.40. The van der Waals surface area contributed by atoms with Crippen molar-refractivity contribution in [3.63, 3.8) is 0 Å². The van der Waals surface area contributed by atoms with Crippen LogP contribution in [0.3, 0.4) is 0 Å². The van der Waals surface area contributed by atoms with Crippen LogP contribution in [0.2, 0.25) is 0 Å². The highest BCUT2D eigenvalue weighted by Gasteiger charge is 2.27. The summed E-state index contributed by atoms with van der Waals surface area (Å²) in [6, 6.07) is 14.1. The van der Waals surface area contributed by atoms with Gasteiger partial charge >= 0.3 is 0 Å². The highest BCUT2D eigenvalue weighted by atomic mass is 16.3. The van der Waals surface area contributed by atoms with Gasteiger partial charge in [0.15, 0.2) is 5.76 Å². The molecule has 2 aromatic rings. The number of carbonyl (C=O) groups is 2. The van der Waals surface area contributed by atoms with Crippen molar-refractivity contribution in [1.29, 1.82) is 0 Å². The van der Waals surface area contributed by atoms with Gasteiger partial charge < -0.3 is 14.2 Å². The lowest BCUT2D eigenvalue weighted by Gasteiger charge is -2.34. The van der Waals surface area contributed by atoms with Gasteiger partial charge in [-0.3, -0.25) is 9.59 Å². The van der Waals surface area contributed by atoms with Gasteiger partial charge in [-0.15, -0.1) is 0 Å². The topological polar surface area (TPSA) is 53.8 Å². The first-order valence-corrected chi connectivity index (χ1v) is 11.3. The van der Waals surface area contributed by atoms with Crippen LogP contribution in [0.15, 0.2) is 53.1 Å². The van der Waals surface area contributed by atoms with Crippen LogP contribution in [0.4, 0.5) is 0 Å². The molecular weight excluding hydrogens is 376 g/mol. The summed E-state index contributed by atoms with van der Waals surface area (Å²) in [6.45, 7) is 3.30. The number of amides is 2. The number of nitrogens with zero attached hydrogens (tertiary/aromatic N) is 2. The monoisotopic (exact) mass is 408 g/mol. The molecular formula is C25H32N2O3. The normalized spacial score (nSPS) is 18.5. The Morgan fingerprint density at radius 3 is 2.17 bits per heavy atom. The quantitative estimate of drug-likeness (QED) is 0.712. The molecule has 0 unspecified atom stereocenters. The Labute approximate surface area is 179 Å². The van der Waals surface area contributed by atoms with Crippen molar-refractivity contribution in [2.45, 2.75) is 44.9 Å². The summed E-state index contributed by atoms with van der Waals surface area (Å²) < 4.78 is 5.22. The van der Waals surface area contributed by atoms with Gasteiger partial charge in [-0.25, -0.2) is 0 Å². The van der Waals surface area contributed by atoms with Gasteiger partial charge in [0.2, 0.25) is 5.91 Å². The molecule has 3 heterocycles. The van der Waals surface area contributed by atoms with Crippen molar-refractivity contribution in [2.24, 2.45) is 11.8 Å². The van der Waals surface area contributed by atoms with Crippen molar-refractivity contribution in [3.05, 3.63) is 60.1 Å². The Morgan fingerprint density at radius 1 is 0.833 bits per heavy atom. The average molecular weight is 409 g/mol. The van der Waals surface area contributed by atoms with Gasteiger partial charge in [-0.2, -0.15) is 0 Å². The molecule has 0 bridgehead atoms. The number of piperidine rings is 2. The number of hydrogen-bond donors (Lipinski definition) is 0. The van der Waals surface area contributed by atoms with Crippen LogP contribution in [0.25, 0.3) is 0 Å². The molecule has 0 saturated carbocycles. The zero-order valence-electron chi connectivity index (χ0n) is 17.7.